The van der Waals surface area contributed by atoms with Gasteiger partial charge in [-0.15, -0.1) is 0 Å². The molecule has 330 valence electrons. The van der Waals surface area contributed by atoms with Crippen molar-refractivity contribution in [2.24, 2.45) is 0 Å². The molecule has 2 aliphatic rings. The van der Waals surface area contributed by atoms with Gasteiger partial charge in [0.1, 0.15) is 0 Å². The van der Waals surface area contributed by atoms with Crippen molar-refractivity contribution in [1.82, 2.24) is 19.1 Å². The fourth-order valence-electron chi connectivity index (χ4n) is 11.5. The molecule has 0 aliphatic carbocycles. The van der Waals surface area contributed by atoms with Gasteiger partial charge in [0.2, 0.25) is 0 Å². The van der Waals surface area contributed by atoms with E-state index in [2.05, 4.69) is 232 Å². The van der Waals surface area contributed by atoms with Crippen molar-refractivity contribution in [2.75, 3.05) is 0 Å². The van der Waals surface area contributed by atoms with E-state index in [1.54, 1.807) is 0 Å². The summed E-state index contributed by atoms with van der Waals surface area (Å²) >= 11 is 0. The van der Waals surface area contributed by atoms with Gasteiger partial charge in [-0.05, 0) is 103 Å². The van der Waals surface area contributed by atoms with E-state index < -0.39 is 0 Å². The Hall–Kier alpha value is -6.72. The Balaban J connectivity index is 1.28. The minimum atomic E-state index is -0.0897. The normalized spacial score (nSPS) is 13.6. The molecule has 5 heterocycles. The largest absolute Gasteiger partial charge is 0.310 e. The third-order valence-corrected chi connectivity index (χ3v) is 14.9. The van der Waals surface area contributed by atoms with Gasteiger partial charge in [0.05, 0.1) is 22.4 Å². The van der Waals surface area contributed by atoms with Gasteiger partial charge in [-0.25, -0.2) is 9.97 Å². The van der Waals surface area contributed by atoms with Crippen LogP contribution in [-0.4, -0.2) is 25.8 Å². The molecule has 0 amide bonds. The van der Waals surface area contributed by atoms with Crippen molar-refractivity contribution in [2.45, 2.75) is 105 Å². The van der Waals surface area contributed by atoms with Crippen molar-refractivity contribution in [3.8, 4) is 45.3 Å². The zero-order chi connectivity index (χ0) is 46.7. The number of rotatable bonds is 3. The molecule has 0 N–H and O–H groups in total. The van der Waals surface area contributed by atoms with Crippen LogP contribution in [0.25, 0.3) is 88.9 Å². The number of fused-ring (bicyclic) bond motifs is 10. The first-order chi connectivity index (χ1) is 31.8. The smallest absolute Gasteiger partial charge is 0.252 e. The predicted molar refractivity (Wildman–Crippen MR) is 286 cm³/mol. The summed E-state index contributed by atoms with van der Waals surface area (Å²) in [5.41, 5.74) is 21.7. The van der Waals surface area contributed by atoms with Gasteiger partial charge in [-0.3, -0.25) is 0 Å². The summed E-state index contributed by atoms with van der Waals surface area (Å²) in [7, 11) is 0. The first-order valence-electron chi connectivity index (χ1n) is 24.2. The van der Waals surface area contributed by atoms with Crippen LogP contribution in [0.15, 0.2) is 140 Å². The van der Waals surface area contributed by atoms with Crippen LogP contribution in [0.3, 0.4) is 0 Å². The molecule has 12 rings (SSSR count). The summed E-state index contributed by atoms with van der Waals surface area (Å²) in [6, 6.07) is 52.5. The van der Waals surface area contributed by atoms with E-state index >= 15 is 0 Å². The summed E-state index contributed by atoms with van der Waals surface area (Å²) in [4.78, 5) is 11.0. The number of benzene rings is 7. The van der Waals surface area contributed by atoms with Gasteiger partial charge < -0.3 is 9.13 Å². The molecule has 0 fully saturated rings. The standard InChI is InChI=1S/C62H59BN4/c1-59(2,3)39-23-29-49-41(33-39)53-43(61(7,8)9)25-27-45-56(53)66(49)51-31-38(58-64-47(36-19-15-13-16-20-36)35-48(65-58)37-21-17-14-18-22-37)32-52-55(51)63(45)46-28-26-44(62(10,11)12)54-42-34-40(60(4,5)6)24-30-50(42)67(52)57(46)54/h13-35H,1-12H3. The zero-order valence-corrected chi connectivity index (χ0v) is 41.1. The van der Waals surface area contributed by atoms with Crippen molar-refractivity contribution < 1.29 is 0 Å². The molecular weight excluding hydrogens is 812 g/mol. The Bertz CT molecular complexity index is 3470. The molecule has 0 bridgehead atoms. The SMILES string of the molecule is CC(C)(C)c1ccc2c(c1)c1c(C(C)(C)C)ccc3c1n2-c1cc(-c2nc(-c4ccccc4)cc(-c4ccccc4)n2)cc2c1B3c1ccc(C(C)(C)C)c3c4cc(C(C)(C)C)ccc4n-2c13. The molecule has 67 heavy (non-hydrogen) atoms. The Morgan fingerprint density at radius 3 is 1.21 bits per heavy atom. The quantitative estimate of drug-likeness (QED) is 0.166. The summed E-state index contributed by atoms with van der Waals surface area (Å²) < 4.78 is 5.24. The van der Waals surface area contributed by atoms with Crippen molar-refractivity contribution >= 4 is 66.7 Å². The van der Waals surface area contributed by atoms with Gasteiger partial charge in [-0.1, -0.05) is 180 Å². The van der Waals surface area contributed by atoms with E-state index in [4.69, 9.17) is 9.97 Å². The topological polar surface area (TPSA) is 35.6 Å². The van der Waals surface area contributed by atoms with Gasteiger partial charge in [0, 0.05) is 60.6 Å². The maximum Gasteiger partial charge on any atom is 0.252 e. The zero-order valence-electron chi connectivity index (χ0n) is 41.1. The van der Waals surface area contributed by atoms with Gasteiger partial charge in [-0.2, -0.15) is 0 Å². The molecule has 0 spiro atoms. The van der Waals surface area contributed by atoms with Crippen LogP contribution in [0.4, 0.5) is 0 Å². The van der Waals surface area contributed by atoms with E-state index in [1.807, 2.05) is 0 Å². The summed E-state index contributed by atoms with van der Waals surface area (Å²) in [6.07, 6.45) is 0. The van der Waals surface area contributed by atoms with E-state index in [0.717, 1.165) is 28.1 Å². The molecule has 4 nitrogen and oxygen atoms in total. The minimum absolute atomic E-state index is 0.00124. The minimum Gasteiger partial charge on any atom is -0.310 e. The third kappa shape index (κ3) is 6.19. The second-order valence-corrected chi connectivity index (χ2v) is 23.5. The highest BCUT2D eigenvalue weighted by atomic mass is 15.0. The van der Waals surface area contributed by atoms with Gasteiger partial charge in [0.25, 0.3) is 6.71 Å². The van der Waals surface area contributed by atoms with E-state index in [1.165, 1.54) is 93.6 Å². The molecule has 7 aromatic carbocycles. The Labute approximate surface area is 395 Å². The first kappa shape index (κ1) is 41.7. The number of hydrogen-bond acceptors (Lipinski definition) is 2. The van der Waals surface area contributed by atoms with E-state index in [9.17, 15) is 0 Å². The molecule has 0 unspecified atom stereocenters. The van der Waals surface area contributed by atoms with Gasteiger partial charge >= 0.3 is 0 Å². The lowest BCUT2D eigenvalue weighted by molar-refractivity contribution is 0.590. The molecule has 0 saturated heterocycles. The Morgan fingerprint density at radius 2 is 0.821 bits per heavy atom. The lowest BCUT2D eigenvalue weighted by atomic mass is 9.34. The lowest BCUT2D eigenvalue weighted by Crippen LogP contribution is -2.59. The second-order valence-electron chi connectivity index (χ2n) is 23.5. The average Bonchev–Trinajstić information content (AvgIpc) is 3.82. The van der Waals surface area contributed by atoms with E-state index in [0.29, 0.717) is 5.82 Å². The van der Waals surface area contributed by atoms with Crippen LogP contribution in [0.2, 0.25) is 0 Å². The Kier molecular flexibility index (Phi) is 8.66. The highest BCUT2D eigenvalue weighted by Gasteiger charge is 2.43. The molecule has 10 aromatic rings. The van der Waals surface area contributed by atoms with Crippen LogP contribution in [0, 0.1) is 0 Å². The van der Waals surface area contributed by atoms with Crippen molar-refractivity contribution in [3.05, 3.63) is 162 Å². The van der Waals surface area contributed by atoms with Crippen molar-refractivity contribution in [1.29, 1.82) is 0 Å². The highest BCUT2D eigenvalue weighted by Crippen LogP contribution is 2.46. The Morgan fingerprint density at radius 1 is 0.403 bits per heavy atom. The molecule has 0 saturated carbocycles. The summed E-state index contributed by atoms with van der Waals surface area (Å²) in [6.45, 7) is 28.2. The first-order valence-corrected chi connectivity index (χ1v) is 24.2. The average molecular weight is 871 g/mol. The predicted octanol–water partition coefficient (Wildman–Crippen LogP) is 14.0. The molecule has 5 heteroatoms. The van der Waals surface area contributed by atoms with E-state index in [-0.39, 0.29) is 28.4 Å². The third-order valence-electron chi connectivity index (χ3n) is 14.9. The highest BCUT2D eigenvalue weighted by molar-refractivity contribution is 7.00. The lowest BCUT2D eigenvalue weighted by Gasteiger charge is -2.35. The maximum absolute atomic E-state index is 5.49. The van der Waals surface area contributed by atoms with Crippen molar-refractivity contribution in [3.63, 3.8) is 0 Å². The van der Waals surface area contributed by atoms with Crippen LogP contribution >= 0.6 is 0 Å². The number of aromatic nitrogens is 4. The fourth-order valence-corrected chi connectivity index (χ4v) is 11.5. The van der Waals surface area contributed by atoms with Crippen LogP contribution < -0.4 is 16.4 Å². The molecule has 0 atom stereocenters. The maximum atomic E-state index is 5.49. The number of nitrogens with zero attached hydrogens (tertiary/aromatic N) is 4. The van der Waals surface area contributed by atoms with Crippen LogP contribution in [0.5, 0.6) is 0 Å². The van der Waals surface area contributed by atoms with Gasteiger partial charge in [0.15, 0.2) is 5.82 Å². The van der Waals surface area contributed by atoms with Crippen LogP contribution in [-0.2, 0) is 21.7 Å². The molecular formula is C62H59BN4. The monoisotopic (exact) mass is 870 g/mol. The molecule has 2 aliphatic heterocycles. The summed E-state index contributed by atoms with van der Waals surface area (Å²) in [5, 5.41) is 5.35. The fraction of sp³-hybridized carbons (Fsp3) is 0.258. The molecule has 3 aromatic heterocycles. The molecule has 0 radical (unpaired) electrons. The second kappa shape index (κ2) is 13.9. The van der Waals surface area contributed by atoms with Crippen LogP contribution in [0.1, 0.15) is 105 Å². The number of hydrogen-bond donors (Lipinski definition) is 0. The summed E-state index contributed by atoms with van der Waals surface area (Å²) in [5.74, 6) is 0.713.